The zero-order valence-corrected chi connectivity index (χ0v) is 11.9. The van der Waals surface area contributed by atoms with E-state index in [1.165, 1.54) is 0 Å². The molecule has 21 heavy (non-hydrogen) atoms. The van der Waals surface area contributed by atoms with Gasteiger partial charge in [0.2, 0.25) is 0 Å². The summed E-state index contributed by atoms with van der Waals surface area (Å²) in [6.45, 7) is 2.72. The number of ether oxygens (including phenoxy) is 1. The summed E-state index contributed by atoms with van der Waals surface area (Å²) in [6, 6.07) is 9.41. The molecule has 1 aromatic heterocycles. The molecule has 1 aliphatic heterocycles. The molecule has 0 bridgehead atoms. The third-order valence-corrected chi connectivity index (χ3v) is 3.78. The predicted molar refractivity (Wildman–Crippen MR) is 80.8 cm³/mol. The SMILES string of the molecule is CC1CC(Nc2nc3ccccc3cc2C(=O)O)CCO1. The van der Waals surface area contributed by atoms with E-state index in [-0.39, 0.29) is 17.7 Å². The van der Waals surface area contributed by atoms with Crippen LogP contribution in [0.25, 0.3) is 10.9 Å². The molecule has 0 radical (unpaired) electrons. The molecule has 0 saturated carbocycles. The van der Waals surface area contributed by atoms with Crippen LogP contribution in [0.1, 0.15) is 30.1 Å². The summed E-state index contributed by atoms with van der Waals surface area (Å²) in [7, 11) is 0. The van der Waals surface area contributed by atoms with Crippen LogP contribution in [0.2, 0.25) is 0 Å². The van der Waals surface area contributed by atoms with Crippen molar-refractivity contribution in [1.82, 2.24) is 4.98 Å². The molecule has 1 aliphatic rings. The number of pyridine rings is 1. The Morgan fingerprint density at radius 2 is 2.24 bits per heavy atom. The lowest BCUT2D eigenvalue weighted by Crippen LogP contribution is -2.33. The highest BCUT2D eigenvalue weighted by Crippen LogP contribution is 2.24. The fourth-order valence-electron chi connectivity index (χ4n) is 2.71. The Hall–Kier alpha value is -2.14. The number of fused-ring (bicyclic) bond motifs is 1. The van der Waals surface area contributed by atoms with Crippen LogP contribution >= 0.6 is 0 Å². The van der Waals surface area contributed by atoms with Crippen LogP contribution in [0.15, 0.2) is 30.3 Å². The zero-order valence-electron chi connectivity index (χ0n) is 11.9. The zero-order chi connectivity index (χ0) is 14.8. The van der Waals surface area contributed by atoms with Gasteiger partial charge in [-0.2, -0.15) is 0 Å². The van der Waals surface area contributed by atoms with Crippen molar-refractivity contribution < 1.29 is 14.6 Å². The molecule has 3 rings (SSSR count). The van der Waals surface area contributed by atoms with Gasteiger partial charge in [-0.05, 0) is 31.9 Å². The molecule has 2 atom stereocenters. The van der Waals surface area contributed by atoms with Crippen molar-refractivity contribution in [3.8, 4) is 0 Å². The number of carboxylic acid groups (broad SMARTS) is 1. The Morgan fingerprint density at radius 3 is 3.00 bits per heavy atom. The Balaban J connectivity index is 1.95. The predicted octanol–water partition coefficient (Wildman–Crippen LogP) is 2.91. The summed E-state index contributed by atoms with van der Waals surface area (Å²) in [5.41, 5.74) is 1.01. The molecule has 5 heteroatoms. The molecule has 1 saturated heterocycles. The maximum Gasteiger partial charge on any atom is 0.339 e. The Labute approximate surface area is 123 Å². The molecule has 0 amide bonds. The second-order valence-corrected chi connectivity index (χ2v) is 5.43. The second kappa shape index (κ2) is 5.69. The highest BCUT2D eigenvalue weighted by Gasteiger charge is 2.22. The van der Waals surface area contributed by atoms with Crippen molar-refractivity contribution in [2.24, 2.45) is 0 Å². The largest absolute Gasteiger partial charge is 0.478 e. The highest BCUT2D eigenvalue weighted by molar-refractivity contribution is 5.98. The average Bonchev–Trinajstić information content (AvgIpc) is 2.46. The van der Waals surface area contributed by atoms with Gasteiger partial charge in [0.15, 0.2) is 0 Å². The Kier molecular flexibility index (Phi) is 3.75. The first-order chi connectivity index (χ1) is 10.1. The molecule has 5 nitrogen and oxygen atoms in total. The Morgan fingerprint density at radius 1 is 1.43 bits per heavy atom. The average molecular weight is 286 g/mol. The van der Waals surface area contributed by atoms with E-state index in [2.05, 4.69) is 10.3 Å². The van der Waals surface area contributed by atoms with Gasteiger partial charge in [-0.1, -0.05) is 18.2 Å². The lowest BCUT2D eigenvalue weighted by molar-refractivity contribution is 0.0232. The minimum atomic E-state index is -0.962. The van der Waals surface area contributed by atoms with Crippen molar-refractivity contribution in [3.63, 3.8) is 0 Å². The maximum atomic E-state index is 11.5. The summed E-state index contributed by atoms with van der Waals surface area (Å²) >= 11 is 0. The number of anilines is 1. The molecular weight excluding hydrogens is 268 g/mol. The third kappa shape index (κ3) is 2.97. The van der Waals surface area contributed by atoms with Gasteiger partial charge in [0.1, 0.15) is 11.4 Å². The summed E-state index contributed by atoms with van der Waals surface area (Å²) < 4.78 is 5.52. The van der Waals surface area contributed by atoms with Gasteiger partial charge < -0.3 is 15.2 Å². The monoisotopic (exact) mass is 286 g/mol. The van der Waals surface area contributed by atoms with Crippen molar-refractivity contribution in [2.75, 3.05) is 11.9 Å². The summed E-state index contributed by atoms with van der Waals surface area (Å²) in [4.78, 5) is 15.9. The summed E-state index contributed by atoms with van der Waals surface area (Å²) in [5, 5.41) is 13.5. The van der Waals surface area contributed by atoms with Crippen LogP contribution in [-0.4, -0.2) is 34.8 Å². The van der Waals surface area contributed by atoms with E-state index in [0.717, 1.165) is 23.7 Å². The van der Waals surface area contributed by atoms with E-state index < -0.39 is 5.97 Å². The number of nitrogens with zero attached hydrogens (tertiary/aromatic N) is 1. The molecule has 2 unspecified atom stereocenters. The molecule has 2 heterocycles. The van der Waals surface area contributed by atoms with Crippen LogP contribution in [0.3, 0.4) is 0 Å². The fourth-order valence-corrected chi connectivity index (χ4v) is 2.71. The first kappa shape index (κ1) is 13.8. The van der Waals surface area contributed by atoms with E-state index in [1.54, 1.807) is 6.07 Å². The molecule has 0 spiro atoms. The minimum Gasteiger partial charge on any atom is -0.478 e. The van der Waals surface area contributed by atoms with E-state index >= 15 is 0 Å². The van der Waals surface area contributed by atoms with E-state index in [1.807, 2.05) is 31.2 Å². The van der Waals surface area contributed by atoms with Crippen LogP contribution in [0, 0.1) is 0 Å². The summed E-state index contributed by atoms with van der Waals surface area (Å²) in [5.74, 6) is -0.517. The van der Waals surface area contributed by atoms with Gasteiger partial charge in [0.25, 0.3) is 0 Å². The number of rotatable bonds is 3. The quantitative estimate of drug-likeness (QED) is 0.907. The highest BCUT2D eigenvalue weighted by atomic mass is 16.5. The first-order valence-electron chi connectivity index (χ1n) is 7.14. The van der Waals surface area contributed by atoms with Crippen molar-refractivity contribution in [2.45, 2.75) is 31.9 Å². The van der Waals surface area contributed by atoms with E-state index in [9.17, 15) is 9.90 Å². The van der Waals surface area contributed by atoms with Gasteiger partial charge in [-0.3, -0.25) is 0 Å². The second-order valence-electron chi connectivity index (χ2n) is 5.43. The number of hydrogen-bond donors (Lipinski definition) is 2. The van der Waals surface area contributed by atoms with Gasteiger partial charge in [0.05, 0.1) is 11.6 Å². The fraction of sp³-hybridized carbons (Fsp3) is 0.375. The normalized spacial score (nSPS) is 22.1. The topological polar surface area (TPSA) is 71.5 Å². The van der Waals surface area contributed by atoms with E-state index in [0.29, 0.717) is 12.4 Å². The molecule has 2 aromatic rings. The standard InChI is InChI=1S/C16H18N2O3/c1-10-8-12(6-7-21-10)17-15-13(16(19)20)9-11-4-2-3-5-14(11)18-15/h2-5,9-10,12H,6-8H2,1H3,(H,17,18)(H,19,20). The smallest absolute Gasteiger partial charge is 0.339 e. The lowest BCUT2D eigenvalue weighted by atomic mass is 10.0. The lowest BCUT2D eigenvalue weighted by Gasteiger charge is -2.28. The van der Waals surface area contributed by atoms with E-state index in [4.69, 9.17) is 4.74 Å². The molecule has 110 valence electrons. The van der Waals surface area contributed by atoms with Crippen LogP contribution in [0.5, 0.6) is 0 Å². The number of nitrogens with one attached hydrogen (secondary N) is 1. The third-order valence-electron chi connectivity index (χ3n) is 3.78. The molecule has 1 fully saturated rings. The molecule has 1 aromatic carbocycles. The van der Waals surface area contributed by atoms with Gasteiger partial charge in [0, 0.05) is 18.0 Å². The number of aromatic nitrogens is 1. The molecule has 2 N–H and O–H groups in total. The van der Waals surface area contributed by atoms with Gasteiger partial charge >= 0.3 is 5.97 Å². The first-order valence-corrected chi connectivity index (χ1v) is 7.14. The van der Waals surface area contributed by atoms with Crippen LogP contribution < -0.4 is 5.32 Å². The van der Waals surface area contributed by atoms with Crippen LogP contribution in [-0.2, 0) is 4.74 Å². The molecule has 0 aliphatic carbocycles. The van der Waals surface area contributed by atoms with Crippen molar-refractivity contribution in [1.29, 1.82) is 0 Å². The van der Waals surface area contributed by atoms with Crippen LogP contribution in [0.4, 0.5) is 5.82 Å². The van der Waals surface area contributed by atoms with Crippen molar-refractivity contribution in [3.05, 3.63) is 35.9 Å². The maximum absolute atomic E-state index is 11.5. The van der Waals surface area contributed by atoms with Gasteiger partial charge in [-0.15, -0.1) is 0 Å². The summed E-state index contributed by atoms with van der Waals surface area (Å²) in [6.07, 6.45) is 1.90. The number of hydrogen-bond acceptors (Lipinski definition) is 4. The number of benzene rings is 1. The van der Waals surface area contributed by atoms with Crippen molar-refractivity contribution >= 4 is 22.7 Å². The minimum absolute atomic E-state index is 0.185. The number of aromatic carboxylic acids is 1. The van der Waals surface area contributed by atoms with Gasteiger partial charge in [-0.25, -0.2) is 9.78 Å². The number of carboxylic acids is 1. The Bertz CT molecular complexity index is 672. The molecular formula is C16H18N2O3. The number of carbonyl (C=O) groups is 1. The number of para-hydroxylation sites is 1.